The number of hydrogen-bond acceptors (Lipinski definition) is 2. The van der Waals surface area contributed by atoms with E-state index in [0.29, 0.717) is 17.0 Å². The van der Waals surface area contributed by atoms with Gasteiger partial charge in [-0.15, -0.1) is 0 Å². The third-order valence-electron chi connectivity index (χ3n) is 5.78. The first-order chi connectivity index (χ1) is 14.4. The molecule has 0 spiro atoms. The van der Waals surface area contributed by atoms with Crippen molar-refractivity contribution in [3.8, 4) is 0 Å². The number of carbonyl (C=O) groups is 2. The Morgan fingerprint density at radius 2 is 1.77 bits per heavy atom. The molecule has 2 aromatic carbocycles. The van der Waals surface area contributed by atoms with E-state index in [-0.39, 0.29) is 12.8 Å². The van der Waals surface area contributed by atoms with Crippen LogP contribution < -0.4 is 0 Å². The van der Waals surface area contributed by atoms with Gasteiger partial charge in [-0.05, 0) is 41.7 Å². The highest BCUT2D eigenvalue weighted by Gasteiger charge is 2.49. The summed E-state index contributed by atoms with van der Waals surface area (Å²) >= 11 is 6.31. The summed E-state index contributed by atoms with van der Waals surface area (Å²) in [4.78, 5) is 26.3. The molecule has 4 nitrogen and oxygen atoms in total. The lowest BCUT2D eigenvalue weighted by Gasteiger charge is -2.35. The van der Waals surface area contributed by atoms with Crippen LogP contribution in [-0.4, -0.2) is 33.6 Å². The van der Waals surface area contributed by atoms with Crippen molar-refractivity contribution >= 4 is 29.1 Å². The summed E-state index contributed by atoms with van der Waals surface area (Å²) in [6, 6.07) is 14.8. The average molecular weight is 426 g/mol. The lowest BCUT2D eigenvalue weighted by Crippen LogP contribution is -2.50. The molecule has 154 valence electrons. The highest BCUT2D eigenvalue weighted by molar-refractivity contribution is 6.31. The molecule has 1 amide bonds. The van der Waals surface area contributed by atoms with Crippen molar-refractivity contribution in [1.29, 1.82) is 0 Å². The summed E-state index contributed by atoms with van der Waals surface area (Å²) in [6.45, 7) is 0. The molecule has 1 N–H and O–H groups in total. The van der Waals surface area contributed by atoms with Crippen molar-refractivity contribution in [3.63, 3.8) is 0 Å². The van der Waals surface area contributed by atoms with Gasteiger partial charge in [0, 0.05) is 11.4 Å². The normalized spacial score (nSPS) is 25.8. The summed E-state index contributed by atoms with van der Waals surface area (Å²) in [5.41, 5.74) is 0.105. The zero-order valence-electron chi connectivity index (χ0n) is 16.2. The Labute approximate surface area is 179 Å². The molecule has 6 heteroatoms. The van der Waals surface area contributed by atoms with Gasteiger partial charge in [0.2, 0.25) is 5.67 Å². The molecule has 1 fully saturated rings. The number of amides is 1. The maximum Gasteiger partial charge on any atom is 0.326 e. The number of hydrogen-bond donors (Lipinski definition) is 1. The molecule has 1 heterocycles. The first kappa shape index (κ1) is 20.4. The third kappa shape index (κ3) is 3.65. The van der Waals surface area contributed by atoms with Gasteiger partial charge >= 0.3 is 5.97 Å². The Hall–Kier alpha value is -2.92. The third-order valence-corrected chi connectivity index (χ3v) is 6.12. The van der Waals surface area contributed by atoms with E-state index in [9.17, 15) is 14.7 Å². The fourth-order valence-corrected chi connectivity index (χ4v) is 4.48. The molecule has 0 radical (unpaired) electrons. The minimum absolute atomic E-state index is 0.148. The molecule has 0 saturated carbocycles. The zero-order valence-corrected chi connectivity index (χ0v) is 16.9. The number of nitrogens with zero attached hydrogens (tertiary/aromatic N) is 1. The van der Waals surface area contributed by atoms with Gasteiger partial charge in [-0.25, -0.2) is 9.18 Å². The van der Waals surface area contributed by atoms with Gasteiger partial charge in [-0.3, -0.25) is 4.79 Å². The minimum Gasteiger partial charge on any atom is -0.480 e. The second kappa shape index (κ2) is 8.07. The van der Waals surface area contributed by atoms with Crippen molar-refractivity contribution in [2.75, 3.05) is 0 Å². The maximum absolute atomic E-state index is 15.8. The van der Waals surface area contributed by atoms with Crippen molar-refractivity contribution < 1.29 is 19.1 Å². The van der Waals surface area contributed by atoms with Gasteiger partial charge in [-0.2, -0.15) is 0 Å². The molecule has 2 aromatic rings. The van der Waals surface area contributed by atoms with Gasteiger partial charge < -0.3 is 10.0 Å². The number of carboxylic acid groups (broad SMARTS) is 1. The zero-order chi connectivity index (χ0) is 21.3. The predicted molar refractivity (Wildman–Crippen MR) is 114 cm³/mol. The van der Waals surface area contributed by atoms with E-state index in [4.69, 9.17) is 11.6 Å². The van der Waals surface area contributed by atoms with E-state index in [2.05, 4.69) is 0 Å². The largest absolute Gasteiger partial charge is 0.480 e. The predicted octanol–water partition coefficient (Wildman–Crippen LogP) is 5.21. The van der Waals surface area contributed by atoms with Crippen LogP contribution in [0, 0.1) is 0 Å². The fourth-order valence-electron chi connectivity index (χ4n) is 4.22. The standard InChI is InChI=1S/C24H21ClFNO3/c25-19-9-5-4-8-18(19)20-10-11-21(22(28)29)27(20)23(30)24(26)14-12-17(13-15-24)16-6-2-1-3-7-16/h1-9,12-14,20-21H,10-11,15H2,(H,28,29)/t20-,21+,24?/m1/s1. The number of rotatable bonds is 4. The number of carboxylic acids is 1. The van der Waals surface area contributed by atoms with Gasteiger partial charge in [-0.1, -0.05) is 72.3 Å². The van der Waals surface area contributed by atoms with E-state index >= 15 is 4.39 Å². The Bertz CT molecular complexity index is 1040. The number of carbonyl (C=O) groups excluding carboxylic acids is 1. The second-order valence-electron chi connectivity index (χ2n) is 7.61. The van der Waals surface area contributed by atoms with Crippen molar-refractivity contribution in [1.82, 2.24) is 4.90 Å². The first-order valence-corrected chi connectivity index (χ1v) is 10.2. The quantitative estimate of drug-likeness (QED) is 0.731. The highest BCUT2D eigenvalue weighted by atomic mass is 35.5. The lowest BCUT2D eigenvalue weighted by atomic mass is 9.89. The van der Waals surface area contributed by atoms with Crippen molar-refractivity contribution in [3.05, 3.63) is 89.0 Å². The highest BCUT2D eigenvalue weighted by Crippen LogP contribution is 2.42. The van der Waals surface area contributed by atoms with Crippen LogP contribution in [0.2, 0.25) is 5.02 Å². The molecule has 3 atom stereocenters. The molecule has 1 unspecified atom stereocenters. The Kier molecular flexibility index (Phi) is 5.48. The molecule has 4 rings (SSSR count). The average Bonchev–Trinajstić information content (AvgIpc) is 3.20. The molecule has 0 bridgehead atoms. The summed E-state index contributed by atoms with van der Waals surface area (Å²) in [7, 11) is 0. The van der Waals surface area contributed by atoms with Gasteiger partial charge in [0.15, 0.2) is 0 Å². The van der Waals surface area contributed by atoms with Crippen LogP contribution in [0.1, 0.15) is 36.4 Å². The molecule has 30 heavy (non-hydrogen) atoms. The van der Waals surface area contributed by atoms with Gasteiger partial charge in [0.25, 0.3) is 5.91 Å². The smallest absolute Gasteiger partial charge is 0.326 e. The molecular weight excluding hydrogens is 405 g/mol. The van der Waals surface area contributed by atoms with Crippen LogP contribution >= 0.6 is 11.6 Å². The van der Waals surface area contributed by atoms with Gasteiger partial charge in [0.1, 0.15) is 6.04 Å². The lowest BCUT2D eigenvalue weighted by molar-refractivity contribution is -0.154. The van der Waals surface area contributed by atoms with E-state index in [0.717, 1.165) is 11.1 Å². The summed E-state index contributed by atoms with van der Waals surface area (Å²) in [5.74, 6) is -1.97. The van der Waals surface area contributed by atoms with Crippen LogP contribution in [0.5, 0.6) is 0 Å². The van der Waals surface area contributed by atoms with Crippen LogP contribution in [0.25, 0.3) is 5.57 Å². The number of likely N-dealkylation sites (tertiary alicyclic amines) is 1. The topological polar surface area (TPSA) is 57.6 Å². The second-order valence-corrected chi connectivity index (χ2v) is 8.01. The molecular formula is C24H21ClFNO3. The first-order valence-electron chi connectivity index (χ1n) is 9.84. The minimum atomic E-state index is -2.30. The van der Waals surface area contributed by atoms with E-state index in [1.165, 1.54) is 11.0 Å². The fraction of sp³-hybridized carbons (Fsp3) is 0.250. The monoisotopic (exact) mass is 425 g/mol. The van der Waals surface area contributed by atoms with E-state index in [1.54, 1.807) is 36.4 Å². The molecule has 1 aliphatic carbocycles. The van der Waals surface area contributed by atoms with Gasteiger partial charge in [0.05, 0.1) is 6.04 Å². The van der Waals surface area contributed by atoms with Crippen molar-refractivity contribution in [2.24, 2.45) is 0 Å². The van der Waals surface area contributed by atoms with Crippen molar-refractivity contribution in [2.45, 2.75) is 37.0 Å². The Morgan fingerprint density at radius 1 is 1.07 bits per heavy atom. The molecule has 1 saturated heterocycles. The molecule has 0 aromatic heterocycles. The number of benzene rings is 2. The SMILES string of the molecule is O=C(O)[C@@H]1CC[C@H](c2ccccc2Cl)N1C(=O)C1(F)C=CC(c2ccccc2)=CC1. The molecule has 1 aliphatic heterocycles. The van der Waals surface area contributed by atoms with Crippen LogP contribution in [0.3, 0.4) is 0 Å². The van der Waals surface area contributed by atoms with Crippen LogP contribution in [-0.2, 0) is 9.59 Å². The van der Waals surface area contributed by atoms with Crippen LogP contribution in [0.4, 0.5) is 4.39 Å². The Balaban J connectivity index is 1.64. The number of alkyl halides is 1. The summed E-state index contributed by atoms with van der Waals surface area (Å²) in [6.07, 6.45) is 5.04. The summed E-state index contributed by atoms with van der Waals surface area (Å²) in [5, 5.41) is 10.1. The Morgan fingerprint density at radius 3 is 2.40 bits per heavy atom. The van der Waals surface area contributed by atoms with E-state index < -0.39 is 29.6 Å². The number of allylic oxidation sites excluding steroid dienone is 3. The van der Waals surface area contributed by atoms with E-state index in [1.807, 2.05) is 30.3 Å². The number of halogens is 2. The number of aliphatic carboxylic acids is 1. The maximum atomic E-state index is 15.8. The molecule has 2 aliphatic rings. The van der Waals surface area contributed by atoms with Crippen LogP contribution in [0.15, 0.2) is 72.8 Å². The summed E-state index contributed by atoms with van der Waals surface area (Å²) < 4.78 is 15.8.